The highest BCUT2D eigenvalue weighted by Gasteiger charge is 2.37. The molecule has 1 atom stereocenters. The Morgan fingerprint density at radius 3 is 2.74 bits per heavy atom. The Balaban J connectivity index is 1.64. The average Bonchev–Trinajstić information content (AvgIpc) is 3.01. The molecule has 0 N–H and O–H groups in total. The number of amides is 1. The average molecular weight is 376 g/mol. The maximum absolute atomic E-state index is 13.9. The van der Waals surface area contributed by atoms with Crippen LogP contribution in [-0.4, -0.2) is 23.3 Å². The molecule has 1 unspecified atom stereocenters. The van der Waals surface area contributed by atoms with Gasteiger partial charge in [0.05, 0.1) is 16.5 Å². The van der Waals surface area contributed by atoms with E-state index in [9.17, 15) is 28.5 Å². The van der Waals surface area contributed by atoms with Gasteiger partial charge in [-0.25, -0.2) is 8.78 Å². The van der Waals surface area contributed by atoms with E-state index in [2.05, 4.69) is 0 Å². The number of nitro benzene ring substituents is 1. The monoisotopic (exact) mass is 376 g/mol. The number of anilines is 1. The minimum absolute atomic E-state index is 0.0881. The van der Waals surface area contributed by atoms with Gasteiger partial charge in [-0.15, -0.1) is 0 Å². The van der Waals surface area contributed by atoms with E-state index >= 15 is 0 Å². The summed E-state index contributed by atoms with van der Waals surface area (Å²) in [6.07, 6.45) is -0.162. The zero-order valence-corrected chi connectivity index (χ0v) is 13.9. The fraction of sp³-hybridized carbons (Fsp3) is 0.222. The van der Waals surface area contributed by atoms with E-state index < -0.39 is 34.4 Å². The summed E-state index contributed by atoms with van der Waals surface area (Å²) >= 11 is 0. The lowest BCUT2D eigenvalue weighted by atomic mass is 10.1. The maximum Gasteiger partial charge on any atom is 0.311 e. The lowest BCUT2D eigenvalue weighted by Gasteiger charge is -2.17. The summed E-state index contributed by atoms with van der Waals surface area (Å²) in [5.41, 5.74) is 0.205. The fourth-order valence-electron chi connectivity index (χ4n) is 2.83. The largest absolute Gasteiger partial charge is 0.461 e. The zero-order valence-electron chi connectivity index (χ0n) is 13.9. The van der Waals surface area contributed by atoms with Crippen molar-refractivity contribution in [1.29, 1.82) is 0 Å². The number of carbonyl (C=O) groups is 2. The second-order valence-electron chi connectivity index (χ2n) is 6.04. The number of non-ortho nitro benzene ring substituents is 1. The van der Waals surface area contributed by atoms with Crippen LogP contribution >= 0.6 is 0 Å². The number of halogens is 2. The predicted molar refractivity (Wildman–Crippen MR) is 89.7 cm³/mol. The van der Waals surface area contributed by atoms with Crippen LogP contribution in [-0.2, 0) is 20.9 Å². The van der Waals surface area contributed by atoms with Crippen LogP contribution in [0, 0.1) is 27.7 Å². The third-order valence-corrected chi connectivity index (χ3v) is 4.16. The molecule has 1 saturated heterocycles. The van der Waals surface area contributed by atoms with Crippen molar-refractivity contribution in [2.45, 2.75) is 13.0 Å². The molecular weight excluding hydrogens is 362 g/mol. The molecule has 9 heteroatoms. The highest BCUT2D eigenvalue weighted by molar-refractivity contribution is 5.99. The number of esters is 1. The fourth-order valence-corrected chi connectivity index (χ4v) is 2.83. The Hall–Kier alpha value is -3.36. The van der Waals surface area contributed by atoms with Crippen molar-refractivity contribution < 1.29 is 28.0 Å². The third kappa shape index (κ3) is 4.08. The lowest BCUT2D eigenvalue weighted by Crippen LogP contribution is -2.27. The van der Waals surface area contributed by atoms with E-state index in [1.165, 1.54) is 18.2 Å². The van der Waals surface area contributed by atoms with Gasteiger partial charge in [0, 0.05) is 31.2 Å². The standard InChI is InChI=1S/C18H14F2N2O5/c19-13-4-5-16(15(20)8-13)21-9-12(7-17(21)23)18(24)27-10-11-2-1-3-14(6-11)22(25)26/h1-6,8,12H,7,9-10H2. The van der Waals surface area contributed by atoms with Gasteiger partial charge in [-0.05, 0) is 17.7 Å². The molecule has 1 heterocycles. The molecular formula is C18H14F2N2O5. The van der Waals surface area contributed by atoms with Crippen LogP contribution in [0.2, 0.25) is 0 Å². The van der Waals surface area contributed by atoms with E-state index in [-0.39, 0.29) is 30.9 Å². The molecule has 0 spiro atoms. The summed E-state index contributed by atoms with van der Waals surface area (Å²) in [7, 11) is 0. The van der Waals surface area contributed by atoms with Crippen molar-refractivity contribution >= 4 is 23.3 Å². The van der Waals surface area contributed by atoms with Crippen molar-refractivity contribution in [2.24, 2.45) is 5.92 Å². The van der Waals surface area contributed by atoms with Crippen molar-refractivity contribution in [3.63, 3.8) is 0 Å². The minimum Gasteiger partial charge on any atom is -0.461 e. The molecule has 3 rings (SSSR count). The number of carbonyl (C=O) groups excluding carboxylic acids is 2. The summed E-state index contributed by atoms with van der Waals surface area (Å²) in [5.74, 6) is -3.61. The summed E-state index contributed by atoms with van der Waals surface area (Å²) in [6.45, 7) is -0.273. The Morgan fingerprint density at radius 1 is 1.26 bits per heavy atom. The molecule has 0 aromatic heterocycles. The Morgan fingerprint density at radius 2 is 2.04 bits per heavy atom. The maximum atomic E-state index is 13.9. The number of rotatable bonds is 5. The number of nitrogens with zero attached hydrogens (tertiary/aromatic N) is 2. The van der Waals surface area contributed by atoms with Crippen LogP contribution in [0.5, 0.6) is 0 Å². The van der Waals surface area contributed by atoms with Gasteiger partial charge < -0.3 is 9.64 Å². The van der Waals surface area contributed by atoms with E-state index in [0.717, 1.165) is 17.0 Å². The molecule has 1 aliphatic rings. The number of hydrogen-bond donors (Lipinski definition) is 0. The van der Waals surface area contributed by atoms with Gasteiger partial charge in [-0.2, -0.15) is 0 Å². The van der Waals surface area contributed by atoms with Crippen LogP contribution in [0.15, 0.2) is 42.5 Å². The lowest BCUT2D eigenvalue weighted by molar-refractivity contribution is -0.384. The first-order valence-corrected chi connectivity index (χ1v) is 8.00. The molecule has 0 radical (unpaired) electrons. The molecule has 7 nitrogen and oxygen atoms in total. The highest BCUT2D eigenvalue weighted by atomic mass is 19.1. The first kappa shape index (κ1) is 18.4. The van der Waals surface area contributed by atoms with Gasteiger partial charge in [0.25, 0.3) is 5.69 Å². The normalized spacial score (nSPS) is 16.4. The Bertz CT molecular complexity index is 918. The summed E-state index contributed by atoms with van der Waals surface area (Å²) in [4.78, 5) is 35.6. The van der Waals surface area contributed by atoms with Gasteiger partial charge in [0.15, 0.2) is 0 Å². The summed E-state index contributed by atoms with van der Waals surface area (Å²) in [6, 6.07) is 8.47. The second-order valence-corrected chi connectivity index (χ2v) is 6.04. The molecule has 27 heavy (non-hydrogen) atoms. The van der Waals surface area contributed by atoms with Crippen LogP contribution in [0.3, 0.4) is 0 Å². The van der Waals surface area contributed by atoms with Crippen LogP contribution in [0.25, 0.3) is 0 Å². The number of benzene rings is 2. The quantitative estimate of drug-likeness (QED) is 0.455. The first-order valence-electron chi connectivity index (χ1n) is 8.00. The van der Waals surface area contributed by atoms with E-state index in [0.29, 0.717) is 11.6 Å². The van der Waals surface area contributed by atoms with Gasteiger partial charge in [0.1, 0.15) is 18.2 Å². The van der Waals surface area contributed by atoms with Crippen LogP contribution in [0.1, 0.15) is 12.0 Å². The highest BCUT2D eigenvalue weighted by Crippen LogP contribution is 2.28. The van der Waals surface area contributed by atoms with Crippen molar-refractivity contribution in [3.8, 4) is 0 Å². The minimum atomic E-state index is -0.894. The van der Waals surface area contributed by atoms with Gasteiger partial charge in [-0.3, -0.25) is 19.7 Å². The van der Waals surface area contributed by atoms with Crippen molar-refractivity contribution in [1.82, 2.24) is 0 Å². The first-order chi connectivity index (χ1) is 12.8. The van der Waals surface area contributed by atoms with Gasteiger partial charge in [-0.1, -0.05) is 12.1 Å². The van der Waals surface area contributed by atoms with Gasteiger partial charge >= 0.3 is 5.97 Å². The zero-order chi connectivity index (χ0) is 19.6. The molecule has 2 aromatic rings. The molecule has 0 aliphatic carbocycles. The molecule has 1 fully saturated rings. The van der Waals surface area contributed by atoms with Crippen LogP contribution < -0.4 is 4.90 Å². The molecule has 140 valence electrons. The van der Waals surface area contributed by atoms with E-state index in [1.807, 2.05) is 0 Å². The smallest absolute Gasteiger partial charge is 0.311 e. The predicted octanol–water partition coefficient (Wildman–Crippen LogP) is 2.97. The number of ether oxygens (including phenoxy) is 1. The Labute approximate surface area is 152 Å². The third-order valence-electron chi connectivity index (χ3n) is 4.16. The number of nitro groups is 1. The molecule has 1 aliphatic heterocycles. The number of hydrogen-bond acceptors (Lipinski definition) is 5. The summed E-state index contributed by atoms with van der Waals surface area (Å²) in [5, 5.41) is 10.8. The molecule has 1 amide bonds. The summed E-state index contributed by atoms with van der Waals surface area (Å²) < 4.78 is 32.0. The topological polar surface area (TPSA) is 89.7 Å². The van der Waals surface area contributed by atoms with Gasteiger partial charge in [0.2, 0.25) is 5.91 Å². The molecule has 0 saturated carbocycles. The Kier molecular flexibility index (Phi) is 5.11. The van der Waals surface area contributed by atoms with E-state index in [4.69, 9.17) is 4.74 Å². The van der Waals surface area contributed by atoms with Crippen LogP contribution in [0.4, 0.5) is 20.2 Å². The SMILES string of the molecule is O=C(OCc1cccc([N+](=O)[O-])c1)C1CC(=O)N(c2ccc(F)cc2F)C1. The van der Waals surface area contributed by atoms with E-state index in [1.54, 1.807) is 6.07 Å². The second kappa shape index (κ2) is 7.48. The molecule has 2 aromatic carbocycles. The molecule has 0 bridgehead atoms. The van der Waals surface area contributed by atoms with Crippen molar-refractivity contribution in [3.05, 3.63) is 69.8 Å². The van der Waals surface area contributed by atoms with Crippen molar-refractivity contribution in [2.75, 3.05) is 11.4 Å².